The first-order valence-electron chi connectivity index (χ1n) is 12.8. The summed E-state index contributed by atoms with van der Waals surface area (Å²) in [5.41, 5.74) is 4.42. The highest BCUT2D eigenvalue weighted by molar-refractivity contribution is 7.24. The zero-order valence-electron chi connectivity index (χ0n) is 21.0. The van der Waals surface area contributed by atoms with E-state index in [1.165, 1.54) is 5.56 Å². The third-order valence-electron chi connectivity index (χ3n) is 7.04. The van der Waals surface area contributed by atoms with Crippen LogP contribution in [-0.4, -0.2) is 55.9 Å². The summed E-state index contributed by atoms with van der Waals surface area (Å²) in [6.07, 6.45) is 1.02. The van der Waals surface area contributed by atoms with E-state index in [4.69, 9.17) is 11.6 Å². The molecule has 0 saturated heterocycles. The van der Waals surface area contributed by atoms with Gasteiger partial charge in [-0.05, 0) is 54.8 Å². The van der Waals surface area contributed by atoms with E-state index in [0.29, 0.717) is 13.1 Å². The lowest BCUT2D eigenvalue weighted by Gasteiger charge is -2.29. The molecule has 1 aliphatic rings. The average molecular weight is 537 g/mol. The van der Waals surface area contributed by atoms with E-state index in [9.17, 15) is 9.90 Å². The van der Waals surface area contributed by atoms with Gasteiger partial charge in [0.05, 0.1) is 12.0 Å². The van der Waals surface area contributed by atoms with Crippen LogP contribution >= 0.6 is 22.9 Å². The number of rotatable bonds is 10. The van der Waals surface area contributed by atoms with Crippen molar-refractivity contribution < 1.29 is 5.11 Å². The third-order valence-corrected chi connectivity index (χ3v) is 8.58. The first-order valence-corrected chi connectivity index (χ1v) is 14.0. The normalized spacial score (nSPS) is 15.2. The zero-order valence-corrected chi connectivity index (χ0v) is 22.6. The molecule has 0 amide bonds. The monoisotopic (exact) mass is 536 g/mol. The van der Waals surface area contributed by atoms with Gasteiger partial charge in [-0.15, -0.1) is 11.3 Å². The van der Waals surface area contributed by atoms with Gasteiger partial charge in [0.15, 0.2) is 5.43 Å². The Labute approximate surface area is 226 Å². The highest BCUT2D eigenvalue weighted by atomic mass is 35.5. The van der Waals surface area contributed by atoms with Crippen LogP contribution in [-0.2, 0) is 0 Å². The second-order valence-electron chi connectivity index (χ2n) is 9.51. The number of benzene rings is 3. The van der Waals surface area contributed by atoms with Gasteiger partial charge in [-0.3, -0.25) is 9.69 Å². The van der Waals surface area contributed by atoms with Gasteiger partial charge in [-0.1, -0.05) is 35.9 Å². The van der Waals surface area contributed by atoms with Crippen LogP contribution in [0.15, 0.2) is 59.4 Å². The predicted molar refractivity (Wildman–Crippen MR) is 158 cm³/mol. The van der Waals surface area contributed by atoms with Gasteiger partial charge in [-0.2, -0.15) is 0 Å². The minimum absolute atomic E-state index is 0.0792. The van der Waals surface area contributed by atoms with Crippen molar-refractivity contribution in [3.05, 3.63) is 81.0 Å². The Hall–Kier alpha value is -2.68. The first-order chi connectivity index (χ1) is 18.0. The molecule has 0 bridgehead atoms. The van der Waals surface area contributed by atoms with E-state index in [2.05, 4.69) is 39.9 Å². The number of halogens is 1. The smallest absolute Gasteiger partial charge is 0.197 e. The molecule has 8 heteroatoms. The van der Waals surface area contributed by atoms with Gasteiger partial charge >= 0.3 is 0 Å². The number of nitrogens with one attached hydrogen (secondary N) is 3. The maximum absolute atomic E-state index is 13.4. The predicted octanol–water partition coefficient (Wildman–Crippen LogP) is 5.23. The molecule has 3 aromatic carbocycles. The van der Waals surface area contributed by atoms with Gasteiger partial charge in [0, 0.05) is 76.5 Å². The minimum atomic E-state index is 0.0792. The van der Waals surface area contributed by atoms with Crippen LogP contribution in [0.2, 0.25) is 5.02 Å². The van der Waals surface area contributed by atoms with E-state index in [0.717, 1.165) is 74.7 Å². The highest BCUT2D eigenvalue weighted by Crippen LogP contribution is 2.32. The Kier molecular flexibility index (Phi) is 8.27. The summed E-state index contributed by atoms with van der Waals surface area (Å²) in [5, 5.41) is 22.5. The van der Waals surface area contributed by atoms with Crippen molar-refractivity contribution in [3.63, 3.8) is 0 Å². The molecule has 5 rings (SSSR count). The van der Waals surface area contributed by atoms with E-state index in [1.54, 1.807) is 11.3 Å². The van der Waals surface area contributed by atoms with Gasteiger partial charge < -0.3 is 21.1 Å². The van der Waals surface area contributed by atoms with Crippen molar-refractivity contribution in [1.29, 1.82) is 0 Å². The van der Waals surface area contributed by atoms with Gasteiger partial charge in [-0.25, -0.2) is 0 Å². The molecule has 0 aliphatic carbocycles. The Balaban J connectivity index is 1.23. The van der Waals surface area contributed by atoms with Crippen molar-refractivity contribution in [2.75, 3.05) is 56.5 Å². The lowest BCUT2D eigenvalue weighted by atomic mass is 9.98. The van der Waals surface area contributed by atoms with Crippen molar-refractivity contribution in [2.45, 2.75) is 19.4 Å². The van der Waals surface area contributed by atoms with Crippen LogP contribution in [0.5, 0.6) is 0 Å². The molecule has 6 nitrogen and oxygen atoms in total. The summed E-state index contributed by atoms with van der Waals surface area (Å²) in [5.74, 6) is 0. The van der Waals surface area contributed by atoms with Crippen molar-refractivity contribution in [1.82, 2.24) is 10.2 Å². The average Bonchev–Trinajstić information content (AvgIpc) is 2.90. The fraction of sp³-hybridized carbons (Fsp3) is 0.345. The third kappa shape index (κ3) is 5.76. The van der Waals surface area contributed by atoms with Crippen molar-refractivity contribution in [3.8, 4) is 0 Å². The molecule has 0 fully saturated rings. The lowest BCUT2D eigenvalue weighted by molar-refractivity contribution is 0.199. The molecule has 1 aliphatic heterocycles. The number of aryl methyl sites for hydroxylation is 1. The Morgan fingerprint density at radius 3 is 2.81 bits per heavy atom. The van der Waals surface area contributed by atoms with Crippen LogP contribution in [0.3, 0.4) is 0 Å². The zero-order chi connectivity index (χ0) is 25.8. The van der Waals surface area contributed by atoms with Crippen molar-refractivity contribution >= 4 is 54.5 Å². The molecule has 194 valence electrons. The number of aliphatic hydroxyl groups is 1. The van der Waals surface area contributed by atoms with Gasteiger partial charge in [0.2, 0.25) is 0 Å². The van der Waals surface area contributed by atoms with Crippen LogP contribution in [0.1, 0.15) is 23.6 Å². The standard InChI is InChI=1S/C29H33ClN4O2S/c1-19-6-9-24(27-28(36)22-4-2-3-5-26(22)37-29(19)27)33-13-15-34(16-17-35)14-12-32-23-10-11-31-25-18-20(30)7-8-21(23)25/h2-9,18,23,31-33,35H,10-17H2,1H3. The molecule has 4 N–H and O–H groups in total. The molecule has 1 atom stereocenters. The summed E-state index contributed by atoms with van der Waals surface area (Å²) in [6, 6.07) is 18.2. The molecule has 1 aromatic heterocycles. The second kappa shape index (κ2) is 11.8. The molecule has 37 heavy (non-hydrogen) atoms. The summed E-state index contributed by atoms with van der Waals surface area (Å²) >= 11 is 7.83. The Morgan fingerprint density at radius 1 is 1.11 bits per heavy atom. The highest BCUT2D eigenvalue weighted by Gasteiger charge is 2.20. The minimum Gasteiger partial charge on any atom is -0.395 e. The van der Waals surface area contributed by atoms with Crippen molar-refractivity contribution in [2.24, 2.45) is 0 Å². The Morgan fingerprint density at radius 2 is 1.95 bits per heavy atom. The van der Waals surface area contributed by atoms with Crippen LogP contribution in [0.4, 0.5) is 11.4 Å². The molecular formula is C29H33ClN4O2S. The molecule has 0 spiro atoms. The number of hydrogen-bond acceptors (Lipinski definition) is 7. The van der Waals surface area contributed by atoms with E-state index in [-0.39, 0.29) is 18.1 Å². The topological polar surface area (TPSA) is 76.6 Å². The van der Waals surface area contributed by atoms with Gasteiger partial charge in [0.1, 0.15) is 0 Å². The molecular weight excluding hydrogens is 504 g/mol. The van der Waals surface area contributed by atoms with Crippen LogP contribution < -0.4 is 21.4 Å². The fourth-order valence-electron chi connectivity index (χ4n) is 5.11. The quantitative estimate of drug-likeness (QED) is 0.208. The maximum Gasteiger partial charge on any atom is 0.197 e. The largest absolute Gasteiger partial charge is 0.395 e. The van der Waals surface area contributed by atoms with Crippen LogP contribution in [0.25, 0.3) is 20.2 Å². The number of nitrogens with zero attached hydrogens (tertiary/aromatic N) is 1. The van der Waals surface area contributed by atoms with Crippen LogP contribution in [0, 0.1) is 6.92 Å². The number of hydrogen-bond donors (Lipinski definition) is 4. The first kappa shape index (κ1) is 25.9. The summed E-state index contributed by atoms with van der Waals surface area (Å²) < 4.78 is 2.05. The fourth-order valence-corrected chi connectivity index (χ4v) is 6.45. The maximum atomic E-state index is 13.4. The van der Waals surface area contributed by atoms with E-state index >= 15 is 0 Å². The molecule has 0 saturated carbocycles. The molecule has 0 radical (unpaired) electrons. The Bertz CT molecular complexity index is 1460. The number of anilines is 2. The second-order valence-corrected chi connectivity index (χ2v) is 11.0. The van der Waals surface area contributed by atoms with E-state index < -0.39 is 0 Å². The summed E-state index contributed by atoms with van der Waals surface area (Å²) in [6.45, 7) is 6.78. The molecule has 2 heterocycles. The molecule has 4 aromatic rings. The summed E-state index contributed by atoms with van der Waals surface area (Å²) in [4.78, 5) is 15.6. The van der Waals surface area contributed by atoms with Gasteiger partial charge in [0.25, 0.3) is 0 Å². The lowest BCUT2D eigenvalue weighted by Crippen LogP contribution is -2.39. The SMILES string of the molecule is Cc1ccc(NCCN(CCO)CCNC2CCNc3cc(Cl)ccc32)c2c(=O)c3ccccc3sc12. The summed E-state index contributed by atoms with van der Waals surface area (Å²) in [7, 11) is 0. The number of fused-ring (bicyclic) bond motifs is 3. The van der Waals surface area contributed by atoms with E-state index in [1.807, 2.05) is 42.5 Å². The number of aliphatic hydroxyl groups excluding tert-OH is 1. The molecule has 1 unspecified atom stereocenters.